The van der Waals surface area contributed by atoms with Crippen LogP contribution in [-0.4, -0.2) is 11.9 Å². The maximum atomic E-state index is 11.9. The van der Waals surface area contributed by atoms with Crippen molar-refractivity contribution in [2.45, 2.75) is 19.5 Å². The Balaban J connectivity index is 2.70. The van der Waals surface area contributed by atoms with Gasteiger partial charge in [0.15, 0.2) is 0 Å². The van der Waals surface area contributed by atoms with Gasteiger partial charge in [-0.25, -0.2) is 0 Å². The van der Waals surface area contributed by atoms with Crippen LogP contribution in [0.25, 0.3) is 0 Å². The van der Waals surface area contributed by atoms with E-state index in [4.69, 9.17) is 11.6 Å². The quantitative estimate of drug-likeness (QED) is 0.738. The Morgan fingerprint density at radius 2 is 2.13 bits per heavy atom. The van der Waals surface area contributed by atoms with Gasteiger partial charge in [0, 0.05) is 5.33 Å². The summed E-state index contributed by atoms with van der Waals surface area (Å²) in [4.78, 5) is 0. The highest BCUT2D eigenvalue weighted by Crippen LogP contribution is 2.27. The van der Waals surface area contributed by atoms with Crippen molar-refractivity contribution >= 4 is 27.5 Å². The summed E-state index contributed by atoms with van der Waals surface area (Å²) in [6, 6.07) is 4.87. The number of benzene rings is 1. The molecule has 1 rings (SSSR count). The van der Waals surface area contributed by atoms with Gasteiger partial charge in [0.2, 0.25) is 0 Å². The molecule has 0 radical (unpaired) electrons. The number of alkyl halides is 3. The summed E-state index contributed by atoms with van der Waals surface area (Å²) < 4.78 is 28.1. The first-order valence-corrected chi connectivity index (χ1v) is 5.92. The van der Waals surface area contributed by atoms with Crippen molar-refractivity contribution in [3.8, 4) is 5.75 Å². The Morgan fingerprint density at radius 1 is 1.40 bits per heavy atom. The smallest absolute Gasteiger partial charge is 0.387 e. The molecule has 84 valence electrons. The van der Waals surface area contributed by atoms with E-state index in [0.717, 1.165) is 23.7 Å². The monoisotopic (exact) mass is 298 g/mol. The molecule has 5 heteroatoms. The zero-order chi connectivity index (χ0) is 11.3. The predicted molar refractivity (Wildman–Crippen MR) is 60.2 cm³/mol. The molecule has 1 aromatic rings. The van der Waals surface area contributed by atoms with E-state index in [-0.39, 0.29) is 10.8 Å². The molecule has 1 nitrogen and oxygen atoms in total. The van der Waals surface area contributed by atoms with Crippen LogP contribution in [0.5, 0.6) is 5.75 Å². The van der Waals surface area contributed by atoms with Crippen molar-refractivity contribution in [2.75, 3.05) is 5.33 Å². The van der Waals surface area contributed by atoms with Crippen molar-refractivity contribution in [3.63, 3.8) is 0 Å². The first-order chi connectivity index (χ1) is 7.13. The summed E-state index contributed by atoms with van der Waals surface area (Å²) in [6.07, 6.45) is 1.84. The highest BCUT2D eigenvalue weighted by Gasteiger charge is 2.08. The molecule has 0 fully saturated rings. The lowest BCUT2D eigenvalue weighted by Crippen LogP contribution is -2.02. The number of ether oxygens (including phenoxy) is 1. The summed E-state index contributed by atoms with van der Waals surface area (Å²) in [6.45, 7) is -2.84. The summed E-state index contributed by atoms with van der Waals surface area (Å²) in [7, 11) is 0. The molecule has 0 heterocycles. The Hall–Kier alpha value is -0.350. The molecule has 0 bridgehead atoms. The molecule has 0 aliphatic heterocycles. The van der Waals surface area contributed by atoms with E-state index in [2.05, 4.69) is 20.7 Å². The highest BCUT2D eigenvalue weighted by atomic mass is 79.9. The molecule has 0 aliphatic carbocycles. The van der Waals surface area contributed by atoms with Crippen LogP contribution in [0.3, 0.4) is 0 Å². The molecule has 0 amide bonds. The molecule has 0 spiro atoms. The van der Waals surface area contributed by atoms with Gasteiger partial charge >= 0.3 is 6.61 Å². The Morgan fingerprint density at radius 3 is 2.67 bits per heavy atom. The van der Waals surface area contributed by atoms with Gasteiger partial charge in [-0.3, -0.25) is 0 Å². The van der Waals surface area contributed by atoms with Crippen LogP contribution in [0, 0.1) is 0 Å². The predicted octanol–water partition coefficient (Wildman–Crippen LogP) is 4.27. The van der Waals surface area contributed by atoms with Crippen LogP contribution in [0.15, 0.2) is 18.2 Å². The lowest BCUT2D eigenvalue weighted by Gasteiger charge is -2.07. The van der Waals surface area contributed by atoms with E-state index >= 15 is 0 Å². The van der Waals surface area contributed by atoms with Crippen LogP contribution >= 0.6 is 27.5 Å². The first-order valence-electron chi connectivity index (χ1n) is 4.42. The molecule has 0 saturated carbocycles. The molecule has 0 aromatic heterocycles. The van der Waals surface area contributed by atoms with Gasteiger partial charge in [-0.15, -0.1) is 0 Å². The summed E-state index contributed by atoms with van der Waals surface area (Å²) in [5.74, 6) is 0.0225. The van der Waals surface area contributed by atoms with Gasteiger partial charge in [-0.1, -0.05) is 33.6 Å². The SMILES string of the molecule is FC(F)Oc1ccc(CCCBr)cc1Cl. The molecular formula is C10H10BrClF2O. The van der Waals surface area contributed by atoms with Crippen LogP contribution < -0.4 is 4.74 Å². The Kier molecular flexibility index (Phi) is 5.32. The van der Waals surface area contributed by atoms with Crippen molar-refractivity contribution in [1.29, 1.82) is 0 Å². The Labute approximate surface area is 101 Å². The maximum Gasteiger partial charge on any atom is 0.387 e. The van der Waals surface area contributed by atoms with Crippen molar-refractivity contribution in [1.82, 2.24) is 0 Å². The highest BCUT2D eigenvalue weighted by molar-refractivity contribution is 9.09. The first kappa shape index (κ1) is 12.7. The zero-order valence-electron chi connectivity index (χ0n) is 7.85. The minimum Gasteiger partial charge on any atom is -0.433 e. The normalized spacial score (nSPS) is 10.7. The molecule has 0 unspecified atom stereocenters. The number of rotatable bonds is 5. The molecule has 0 aliphatic rings. The minimum atomic E-state index is -2.84. The van der Waals surface area contributed by atoms with E-state index in [9.17, 15) is 8.78 Å². The Bertz CT molecular complexity index is 320. The van der Waals surface area contributed by atoms with Gasteiger partial charge in [-0.05, 0) is 30.5 Å². The second-order valence-corrected chi connectivity index (χ2v) is 4.14. The summed E-state index contributed by atoms with van der Waals surface area (Å²) in [5.41, 5.74) is 1.01. The van der Waals surface area contributed by atoms with Crippen molar-refractivity contribution < 1.29 is 13.5 Å². The van der Waals surface area contributed by atoms with Crippen LogP contribution in [-0.2, 0) is 6.42 Å². The number of halogens is 4. The van der Waals surface area contributed by atoms with E-state index in [1.807, 2.05) is 0 Å². The fourth-order valence-electron chi connectivity index (χ4n) is 1.16. The fourth-order valence-corrected chi connectivity index (χ4v) is 1.69. The summed E-state index contributed by atoms with van der Waals surface area (Å²) in [5, 5.41) is 1.13. The molecular weight excluding hydrogens is 289 g/mol. The van der Waals surface area contributed by atoms with Gasteiger partial charge in [-0.2, -0.15) is 8.78 Å². The van der Waals surface area contributed by atoms with E-state index in [1.54, 1.807) is 12.1 Å². The van der Waals surface area contributed by atoms with Crippen LogP contribution in [0.4, 0.5) is 8.78 Å². The third-order valence-corrected chi connectivity index (χ3v) is 2.67. The van der Waals surface area contributed by atoms with E-state index < -0.39 is 6.61 Å². The minimum absolute atomic E-state index is 0.0225. The topological polar surface area (TPSA) is 9.23 Å². The lowest BCUT2D eigenvalue weighted by atomic mass is 10.1. The largest absolute Gasteiger partial charge is 0.433 e. The third kappa shape index (κ3) is 4.34. The number of hydrogen-bond acceptors (Lipinski definition) is 1. The van der Waals surface area contributed by atoms with Crippen LogP contribution in [0.1, 0.15) is 12.0 Å². The molecule has 0 N–H and O–H groups in total. The van der Waals surface area contributed by atoms with Gasteiger partial charge in [0.1, 0.15) is 5.75 Å². The summed E-state index contributed by atoms with van der Waals surface area (Å²) >= 11 is 9.10. The molecule has 0 saturated heterocycles. The van der Waals surface area contributed by atoms with Crippen molar-refractivity contribution in [3.05, 3.63) is 28.8 Å². The lowest BCUT2D eigenvalue weighted by molar-refractivity contribution is -0.0497. The average Bonchev–Trinajstić information content (AvgIpc) is 2.18. The van der Waals surface area contributed by atoms with E-state index in [0.29, 0.717) is 0 Å². The zero-order valence-corrected chi connectivity index (χ0v) is 10.2. The average molecular weight is 300 g/mol. The van der Waals surface area contributed by atoms with Crippen LogP contribution in [0.2, 0.25) is 5.02 Å². The second-order valence-electron chi connectivity index (χ2n) is 2.94. The number of aryl methyl sites for hydroxylation is 1. The molecule has 15 heavy (non-hydrogen) atoms. The second kappa shape index (κ2) is 6.28. The molecule has 1 aromatic carbocycles. The van der Waals surface area contributed by atoms with Gasteiger partial charge in [0.25, 0.3) is 0 Å². The molecule has 0 atom stereocenters. The van der Waals surface area contributed by atoms with Gasteiger partial charge < -0.3 is 4.74 Å². The fraction of sp³-hybridized carbons (Fsp3) is 0.400. The van der Waals surface area contributed by atoms with E-state index in [1.165, 1.54) is 6.07 Å². The van der Waals surface area contributed by atoms with Gasteiger partial charge in [0.05, 0.1) is 5.02 Å². The third-order valence-electron chi connectivity index (χ3n) is 1.81. The maximum absolute atomic E-state index is 11.9. The standard InChI is InChI=1S/C10H10BrClF2O/c11-5-1-2-7-3-4-9(8(12)6-7)15-10(13)14/h3-4,6,10H,1-2,5H2. The van der Waals surface area contributed by atoms with Crippen molar-refractivity contribution in [2.24, 2.45) is 0 Å². The number of hydrogen-bond donors (Lipinski definition) is 0.